The van der Waals surface area contributed by atoms with E-state index >= 15 is 0 Å². The fourth-order valence-electron chi connectivity index (χ4n) is 2.81. The first-order chi connectivity index (χ1) is 9.63. The predicted molar refractivity (Wildman–Crippen MR) is 78.5 cm³/mol. The van der Waals surface area contributed by atoms with Crippen LogP contribution in [0.15, 0.2) is 36.4 Å². The summed E-state index contributed by atoms with van der Waals surface area (Å²) in [6, 6.07) is 10.7. The van der Waals surface area contributed by atoms with E-state index in [0.717, 1.165) is 18.4 Å². The smallest absolute Gasteiger partial charge is 0.127 e. The lowest BCUT2D eigenvalue weighted by atomic mass is 9.98. The molecule has 1 unspecified atom stereocenters. The summed E-state index contributed by atoms with van der Waals surface area (Å²) in [7, 11) is 0. The van der Waals surface area contributed by atoms with E-state index in [2.05, 4.69) is 12.1 Å². The molecule has 0 aliphatic heterocycles. The first kappa shape index (κ1) is 13.6. The second-order valence-corrected chi connectivity index (χ2v) is 5.77. The highest BCUT2D eigenvalue weighted by molar-refractivity contribution is 6.30. The van der Waals surface area contributed by atoms with Crippen molar-refractivity contribution < 1.29 is 9.50 Å². The van der Waals surface area contributed by atoms with Crippen LogP contribution < -0.4 is 0 Å². The van der Waals surface area contributed by atoms with E-state index in [9.17, 15) is 9.50 Å². The first-order valence-corrected chi connectivity index (χ1v) is 7.25. The lowest BCUT2D eigenvalue weighted by Gasteiger charge is -2.13. The van der Waals surface area contributed by atoms with Gasteiger partial charge in [-0.1, -0.05) is 35.9 Å². The normalized spacial score (nSPS) is 15.2. The van der Waals surface area contributed by atoms with E-state index in [1.807, 2.05) is 6.07 Å². The summed E-state index contributed by atoms with van der Waals surface area (Å²) in [5.41, 5.74) is 4.04. The van der Waals surface area contributed by atoms with E-state index in [4.69, 9.17) is 11.6 Å². The number of aliphatic hydroxyl groups excluding tert-OH is 1. The third-order valence-electron chi connectivity index (χ3n) is 3.94. The van der Waals surface area contributed by atoms with Crippen LogP contribution in [0.2, 0.25) is 5.02 Å². The molecule has 1 nitrogen and oxygen atoms in total. The average molecular weight is 291 g/mol. The van der Waals surface area contributed by atoms with Crippen molar-refractivity contribution in [3.05, 3.63) is 69.5 Å². The summed E-state index contributed by atoms with van der Waals surface area (Å²) in [6.45, 7) is 0. The molecule has 20 heavy (non-hydrogen) atoms. The maximum Gasteiger partial charge on any atom is 0.127 e. The molecule has 0 saturated heterocycles. The Bertz CT molecular complexity index is 639. The minimum Gasteiger partial charge on any atom is -0.388 e. The van der Waals surface area contributed by atoms with Crippen molar-refractivity contribution >= 4 is 11.6 Å². The van der Waals surface area contributed by atoms with E-state index in [-0.39, 0.29) is 12.2 Å². The molecule has 0 radical (unpaired) electrons. The van der Waals surface area contributed by atoms with Crippen LogP contribution in [0.25, 0.3) is 0 Å². The third-order valence-corrected chi connectivity index (χ3v) is 4.17. The summed E-state index contributed by atoms with van der Waals surface area (Å²) < 4.78 is 13.8. The van der Waals surface area contributed by atoms with Gasteiger partial charge < -0.3 is 5.11 Å². The zero-order chi connectivity index (χ0) is 14.1. The molecule has 3 rings (SSSR count). The van der Waals surface area contributed by atoms with Crippen LogP contribution in [-0.2, 0) is 19.3 Å². The Morgan fingerprint density at radius 2 is 1.90 bits per heavy atom. The number of halogens is 2. The largest absolute Gasteiger partial charge is 0.388 e. The molecular weight excluding hydrogens is 275 g/mol. The standard InChI is InChI=1S/C17H16ClFO/c18-15-7-6-13(16(19)10-15)9-17(20)14-5-4-11-2-1-3-12(11)8-14/h4-8,10,17,20H,1-3,9H2. The highest BCUT2D eigenvalue weighted by Gasteiger charge is 2.16. The molecule has 0 aromatic heterocycles. The van der Waals surface area contributed by atoms with E-state index < -0.39 is 6.10 Å². The van der Waals surface area contributed by atoms with Crippen molar-refractivity contribution in [1.29, 1.82) is 0 Å². The molecule has 0 saturated carbocycles. The Balaban J connectivity index is 1.80. The highest BCUT2D eigenvalue weighted by Crippen LogP contribution is 2.27. The fraction of sp³-hybridized carbons (Fsp3) is 0.294. The second kappa shape index (κ2) is 5.55. The number of benzene rings is 2. The van der Waals surface area contributed by atoms with Gasteiger partial charge in [0.1, 0.15) is 5.82 Å². The Kier molecular flexibility index (Phi) is 3.77. The molecule has 1 aliphatic carbocycles. The average Bonchev–Trinajstić information content (AvgIpc) is 2.89. The quantitative estimate of drug-likeness (QED) is 0.896. The minimum absolute atomic E-state index is 0.266. The summed E-state index contributed by atoms with van der Waals surface area (Å²) in [6.07, 6.45) is 2.96. The van der Waals surface area contributed by atoms with Gasteiger partial charge in [0, 0.05) is 11.4 Å². The number of aliphatic hydroxyl groups is 1. The van der Waals surface area contributed by atoms with Crippen molar-refractivity contribution in [1.82, 2.24) is 0 Å². The number of hydrogen-bond acceptors (Lipinski definition) is 1. The maximum absolute atomic E-state index is 13.8. The van der Waals surface area contributed by atoms with Gasteiger partial charge in [0.05, 0.1) is 6.10 Å². The molecule has 0 spiro atoms. The number of aryl methyl sites for hydroxylation is 2. The van der Waals surface area contributed by atoms with Gasteiger partial charge in [-0.05, 0) is 53.6 Å². The molecule has 104 valence electrons. The summed E-state index contributed by atoms with van der Waals surface area (Å²) >= 11 is 5.73. The Morgan fingerprint density at radius 3 is 2.70 bits per heavy atom. The van der Waals surface area contributed by atoms with Gasteiger partial charge in [0.2, 0.25) is 0 Å². The zero-order valence-corrected chi connectivity index (χ0v) is 11.8. The van der Waals surface area contributed by atoms with E-state index in [1.54, 1.807) is 12.1 Å². The van der Waals surface area contributed by atoms with Crippen LogP contribution in [0.5, 0.6) is 0 Å². The van der Waals surface area contributed by atoms with Crippen LogP contribution in [0.3, 0.4) is 0 Å². The van der Waals surface area contributed by atoms with Crippen LogP contribution in [0.4, 0.5) is 4.39 Å². The number of fused-ring (bicyclic) bond motifs is 1. The summed E-state index contributed by atoms with van der Waals surface area (Å²) in [5.74, 6) is -0.363. The van der Waals surface area contributed by atoms with Gasteiger partial charge in [0.15, 0.2) is 0 Å². The summed E-state index contributed by atoms with van der Waals surface area (Å²) in [5, 5.41) is 10.7. The molecular formula is C17H16ClFO. The predicted octanol–water partition coefficient (Wildman–Crippen LogP) is 4.24. The molecule has 1 N–H and O–H groups in total. The maximum atomic E-state index is 13.8. The van der Waals surface area contributed by atoms with Crippen molar-refractivity contribution in [2.45, 2.75) is 31.8 Å². The number of hydrogen-bond donors (Lipinski definition) is 1. The minimum atomic E-state index is -0.684. The lowest BCUT2D eigenvalue weighted by Crippen LogP contribution is -2.04. The Hall–Kier alpha value is -1.38. The molecule has 0 amide bonds. The SMILES string of the molecule is OC(Cc1ccc(Cl)cc1F)c1ccc2c(c1)CCC2. The van der Waals surface area contributed by atoms with Crippen molar-refractivity contribution in [2.24, 2.45) is 0 Å². The molecule has 1 aliphatic rings. The highest BCUT2D eigenvalue weighted by atomic mass is 35.5. The Morgan fingerprint density at radius 1 is 1.10 bits per heavy atom. The van der Waals surface area contributed by atoms with Gasteiger partial charge in [0.25, 0.3) is 0 Å². The van der Waals surface area contributed by atoms with Crippen LogP contribution in [0, 0.1) is 5.82 Å². The molecule has 2 aromatic carbocycles. The molecule has 0 heterocycles. The molecule has 0 fully saturated rings. The van der Waals surface area contributed by atoms with Gasteiger partial charge in [-0.15, -0.1) is 0 Å². The molecule has 2 aromatic rings. The van der Waals surface area contributed by atoms with Crippen LogP contribution >= 0.6 is 11.6 Å². The fourth-order valence-corrected chi connectivity index (χ4v) is 2.97. The third kappa shape index (κ3) is 2.72. The van der Waals surface area contributed by atoms with Crippen molar-refractivity contribution in [2.75, 3.05) is 0 Å². The Labute approximate surface area is 123 Å². The van der Waals surface area contributed by atoms with Gasteiger partial charge in [-0.2, -0.15) is 0 Å². The molecule has 3 heteroatoms. The molecule has 0 bridgehead atoms. The van der Waals surface area contributed by atoms with E-state index in [0.29, 0.717) is 10.6 Å². The van der Waals surface area contributed by atoms with Crippen molar-refractivity contribution in [3.63, 3.8) is 0 Å². The van der Waals surface area contributed by atoms with Crippen LogP contribution in [-0.4, -0.2) is 5.11 Å². The summed E-state index contributed by atoms with van der Waals surface area (Å²) in [4.78, 5) is 0. The monoisotopic (exact) mass is 290 g/mol. The zero-order valence-electron chi connectivity index (χ0n) is 11.1. The van der Waals surface area contributed by atoms with Crippen LogP contribution in [0.1, 0.15) is 34.8 Å². The topological polar surface area (TPSA) is 20.2 Å². The van der Waals surface area contributed by atoms with Gasteiger partial charge in [-0.3, -0.25) is 0 Å². The van der Waals surface area contributed by atoms with Gasteiger partial charge in [-0.25, -0.2) is 4.39 Å². The lowest BCUT2D eigenvalue weighted by molar-refractivity contribution is 0.177. The van der Waals surface area contributed by atoms with E-state index in [1.165, 1.54) is 23.6 Å². The van der Waals surface area contributed by atoms with Crippen molar-refractivity contribution in [3.8, 4) is 0 Å². The second-order valence-electron chi connectivity index (χ2n) is 5.34. The first-order valence-electron chi connectivity index (χ1n) is 6.87. The molecule has 1 atom stereocenters. The number of rotatable bonds is 3. The van der Waals surface area contributed by atoms with Gasteiger partial charge >= 0.3 is 0 Å².